The van der Waals surface area contributed by atoms with Crippen LogP contribution in [-0.4, -0.2) is 16.5 Å². The number of urea groups is 1. The number of amides is 3. The topological polar surface area (TPSA) is 63.1 Å². The summed E-state index contributed by atoms with van der Waals surface area (Å²) in [6.45, 7) is 2.77. The minimum Gasteiger partial charge on any atom is -0.342 e. The fourth-order valence-corrected chi connectivity index (χ4v) is 3.10. The second-order valence-corrected chi connectivity index (χ2v) is 6.18. The lowest BCUT2D eigenvalue weighted by molar-refractivity contribution is -0.115. The predicted molar refractivity (Wildman–Crippen MR) is 96.9 cm³/mol. The fraction of sp³-hybridized carbons (Fsp3) is 0.100. The zero-order valence-electron chi connectivity index (χ0n) is 13.7. The minimum absolute atomic E-state index is 0.269. The molecule has 0 spiro atoms. The monoisotopic (exact) mass is 331 g/mol. The first-order chi connectivity index (χ1) is 12.1. The molecule has 5 nitrogen and oxygen atoms in total. The van der Waals surface area contributed by atoms with Crippen molar-refractivity contribution in [3.8, 4) is 0 Å². The number of fused-ring (bicyclic) bond motifs is 1. The molecule has 2 N–H and O–H groups in total. The Morgan fingerprint density at radius 3 is 2.56 bits per heavy atom. The third-order valence-corrected chi connectivity index (χ3v) is 4.28. The van der Waals surface area contributed by atoms with Gasteiger partial charge in [0.25, 0.3) is 5.91 Å². The van der Waals surface area contributed by atoms with Crippen LogP contribution < -0.4 is 10.6 Å². The first-order valence-corrected chi connectivity index (χ1v) is 8.07. The number of nitrogens with one attached hydrogen (secondary N) is 2. The fourth-order valence-electron chi connectivity index (χ4n) is 3.10. The summed E-state index contributed by atoms with van der Waals surface area (Å²) in [6, 6.07) is 16.0. The summed E-state index contributed by atoms with van der Waals surface area (Å²) in [5, 5.41) is 5.82. The number of imide groups is 1. The summed E-state index contributed by atoms with van der Waals surface area (Å²) in [6.07, 6.45) is 3.74. The van der Waals surface area contributed by atoms with Crippen molar-refractivity contribution >= 4 is 28.9 Å². The number of carbonyl (C=O) groups is 2. The Bertz CT molecular complexity index is 1020. The molecule has 0 unspecified atom stereocenters. The van der Waals surface area contributed by atoms with E-state index >= 15 is 0 Å². The maximum atomic E-state index is 11.8. The van der Waals surface area contributed by atoms with E-state index in [9.17, 15) is 9.59 Å². The molecule has 1 aliphatic heterocycles. The van der Waals surface area contributed by atoms with E-state index in [2.05, 4.69) is 45.5 Å². The Labute approximate surface area is 145 Å². The molecule has 0 aliphatic carbocycles. The van der Waals surface area contributed by atoms with E-state index in [1.54, 1.807) is 6.08 Å². The third kappa shape index (κ3) is 2.92. The number of hydrogen-bond acceptors (Lipinski definition) is 2. The van der Waals surface area contributed by atoms with Crippen molar-refractivity contribution in [1.82, 2.24) is 15.2 Å². The first kappa shape index (κ1) is 15.2. The molecule has 0 saturated carbocycles. The van der Waals surface area contributed by atoms with Crippen molar-refractivity contribution in [3.63, 3.8) is 0 Å². The number of aryl methyl sites for hydroxylation is 1. The molecule has 4 rings (SSSR count). The van der Waals surface area contributed by atoms with Crippen LogP contribution in [-0.2, 0) is 11.3 Å². The van der Waals surface area contributed by atoms with Crippen LogP contribution in [0.25, 0.3) is 17.0 Å². The number of carbonyl (C=O) groups excluding carboxylic acids is 2. The Kier molecular flexibility index (Phi) is 3.61. The van der Waals surface area contributed by atoms with Gasteiger partial charge < -0.3 is 9.88 Å². The molecule has 5 heteroatoms. The minimum atomic E-state index is -0.486. The highest BCUT2D eigenvalue weighted by Gasteiger charge is 2.23. The molecule has 1 fully saturated rings. The Morgan fingerprint density at radius 2 is 1.84 bits per heavy atom. The van der Waals surface area contributed by atoms with Crippen LogP contribution in [0.4, 0.5) is 4.79 Å². The highest BCUT2D eigenvalue weighted by atomic mass is 16.2. The Balaban J connectivity index is 1.82. The largest absolute Gasteiger partial charge is 0.342 e. The summed E-state index contributed by atoms with van der Waals surface area (Å²) in [4.78, 5) is 23.1. The van der Waals surface area contributed by atoms with Crippen molar-refractivity contribution < 1.29 is 9.59 Å². The molecule has 1 aliphatic rings. The highest BCUT2D eigenvalue weighted by molar-refractivity contribution is 6.14. The molecule has 124 valence electrons. The summed E-state index contributed by atoms with van der Waals surface area (Å²) < 4.78 is 2.16. The van der Waals surface area contributed by atoms with E-state index < -0.39 is 11.9 Å². The number of aromatic nitrogens is 1. The molecule has 2 aromatic carbocycles. The van der Waals surface area contributed by atoms with Crippen molar-refractivity contribution in [2.45, 2.75) is 13.5 Å². The van der Waals surface area contributed by atoms with E-state index in [1.165, 1.54) is 5.56 Å². The van der Waals surface area contributed by atoms with E-state index in [0.29, 0.717) is 0 Å². The van der Waals surface area contributed by atoms with Gasteiger partial charge >= 0.3 is 6.03 Å². The second kappa shape index (κ2) is 5.94. The van der Waals surface area contributed by atoms with Gasteiger partial charge in [-0.2, -0.15) is 0 Å². The van der Waals surface area contributed by atoms with Crippen LogP contribution in [0, 0.1) is 6.92 Å². The lowest BCUT2D eigenvalue weighted by Gasteiger charge is -2.05. The van der Waals surface area contributed by atoms with Crippen molar-refractivity contribution in [2.24, 2.45) is 0 Å². The number of hydrogen-bond donors (Lipinski definition) is 2. The Hall–Kier alpha value is -3.34. The van der Waals surface area contributed by atoms with Gasteiger partial charge in [0.2, 0.25) is 0 Å². The summed E-state index contributed by atoms with van der Waals surface area (Å²) in [5.74, 6) is -0.401. The Morgan fingerprint density at radius 1 is 1.04 bits per heavy atom. The second-order valence-electron chi connectivity index (χ2n) is 6.18. The van der Waals surface area contributed by atoms with Gasteiger partial charge in [-0.05, 0) is 30.7 Å². The number of benzene rings is 2. The van der Waals surface area contributed by atoms with Gasteiger partial charge in [-0.1, -0.05) is 42.0 Å². The number of nitrogens with zero attached hydrogens (tertiary/aromatic N) is 1. The average Bonchev–Trinajstić information content (AvgIpc) is 3.08. The molecule has 0 radical (unpaired) electrons. The van der Waals surface area contributed by atoms with Gasteiger partial charge in [0, 0.05) is 29.2 Å². The van der Waals surface area contributed by atoms with Gasteiger partial charge in [0.15, 0.2) is 0 Å². The smallest absolute Gasteiger partial charge is 0.326 e. The van der Waals surface area contributed by atoms with Gasteiger partial charge in [-0.3, -0.25) is 10.1 Å². The standard InChI is InChI=1S/C20H17N3O2/c1-13-7-8-18-16(9-13)15(10-17-19(24)22-20(25)21-17)12-23(18)11-14-5-3-2-4-6-14/h2-10,12H,11H2,1H3,(H2,21,22,24,25)/b17-10-. The maximum absolute atomic E-state index is 11.8. The normalized spacial score (nSPS) is 15.6. The summed E-state index contributed by atoms with van der Waals surface area (Å²) in [7, 11) is 0. The van der Waals surface area contributed by atoms with Crippen LogP contribution in [0.15, 0.2) is 60.4 Å². The molecular formula is C20H17N3O2. The first-order valence-electron chi connectivity index (χ1n) is 8.07. The summed E-state index contributed by atoms with van der Waals surface area (Å²) >= 11 is 0. The van der Waals surface area contributed by atoms with Crippen LogP contribution in [0.1, 0.15) is 16.7 Å². The van der Waals surface area contributed by atoms with Crippen LogP contribution in [0.3, 0.4) is 0 Å². The molecule has 2 heterocycles. The molecule has 1 aromatic heterocycles. The van der Waals surface area contributed by atoms with Crippen molar-refractivity contribution in [2.75, 3.05) is 0 Å². The van der Waals surface area contributed by atoms with Crippen molar-refractivity contribution in [3.05, 3.63) is 77.1 Å². The molecule has 3 aromatic rings. The molecule has 25 heavy (non-hydrogen) atoms. The quantitative estimate of drug-likeness (QED) is 0.572. The van der Waals surface area contributed by atoms with Gasteiger partial charge in [0.05, 0.1) is 0 Å². The lowest BCUT2D eigenvalue weighted by atomic mass is 10.1. The number of rotatable bonds is 3. The summed E-state index contributed by atoms with van der Waals surface area (Å²) in [5.41, 5.74) is 4.61. The highest BCUT2D eigenvalue weighted by Crippen LogP contribution is 2.26. The molecule has 0 bridgehead atoms. The van der Waals surface area contributed by atoms with Gasteiger partial charge in [-0.25, -0.2) is 4.79 Å². The van der Waals surface area contributed by atoms with Crippen LogP contribution >= 0.6 is 0 Å². The molecule has 0 atom stereocenters. The van der Waals surface area contributed by atoms with Crippen LogP contribution in [0.5, 0.6) is 0 Å². The van der Waals surface area contributed by atoms with Gasteiger partial charge in [-0.15, -0.1) is 0 Å². The van der Waals surface area contributed by atoms with E-state index in [-0.39, 0.29) is 5.70 Å². The third-order valence-electron chi connectivity index (χ3n) is 4.28. The molecule has 1 saturated heterocycles. The maximum Gasteiger partial charge on any atom is 0.326 e. The molecular weight excluding hydrogens is 314 g/mol. The van der Waals surface area contributed by atoms with Crippen molar-refractivity contribution in [1.29, 1.82) is 0 Å². The van der Waals surface area contributed by atoms with Crippen LogP contribution in [0.2, 0.25) is 0 Å². The van der Waals surface area contributed by atoms with Gasteiger partial charge in [0.1, 0.15) is 5.70 Å². The predicted octanol–water partition coefficient (Wildman–Crippen LogP) is 3.18. The van der Waals surface area contributed by atoms with E-state index in [4.69, 9.17) is 0 Å². The lowest BCUT2D eigenvalue weighted by Crippen LogP contribution is -2.22. The zero-order valence-corrected chi connectivity index (χ0v) is 13.7. The average molecular weight is 331 g/mol. The van der Waals surface area contributed by atoms with E-state index in [1.807, 2.05) is 31.3 Å². The molecule has 3 amide bonds. The zero-order chi connectivity index (χ0) is 17.4. The SMILES string of the molecule is Cc1ccc2c(c1)c(/C=C1\NC(=O)NC1=O)cn2Cc1ccccc1. The van der Waals surface area contributed by atoms with E-state index in [0.717, 1.165) is 28.6 Å².